The molecule has 0 aliphatic carbocycles. The van der Waals surface area contributed by atoms with E-state index < -0.39 is 0 Å². The van der Waals surface area contributed by atoms with Gasteiger partial charge in [0.15, 0.2) is 0 Å². The molecule has 2 fully saturated rings. The normalized spacial score (nSPS) is 21.4. The molecule has 0 spiro atoms. The van der Waals surface area contributed by atoms with E-state index in [9.17, 15) is 0 Å². The Kier molecular flexibility index (Phi) is 3.09. The van der Waals surface area contributed by atoms with Crippen molar-refractivity contribution in [3.8, 4) is 0 Å². The van der Waals surface area contributed by atoms with Crippen molar-refractivity contribution in [2.24, 2.45) is 0 Å². The first-order valence-electron chi connectivity index (χ1n) is 7.21. The topological polar surface area (TPSA) is 44.3 Å². The first-order chi connectivity index (χ1) is 9.83. The molecule has 0 saturated carbocycles. The molecule has 0 aromatic carbocycles. The van der Waals surface area contributed by atoms with Crippen LogP contribution in [-0.4, -0.2) is 60.2 Å². The number of hydrogen-bond acceptors (Lipinski definition) is 6. The molecule has 106 valence electrons. The average Bonchev–Trinajstić information content (AvgIpc) is 2.81. The highest BCUT2D eigenvalue weighted by atomic mass is 32.1. The van der Waals surface area contributed by atoms with E-state index in [1.165, 1.54) is 23.4 Å². The van der Waals surface area contributed by atoms with Gasteiger partial charge in [-0.05, 0) is 17.9 Å². The fourth-order valence-electron chi connectivity index (χ4n) is 3.09. The molecule has 2 aromatic heterocycles. The van der Waals surface area contributed by atoms with Crippen LogP contribution in [0.25, 0.3) is 10.2 Å². The highest BCUT2D eigenvalue weighted by molar-refractivity contribution is 7.18. The molecule has 0 radical (unpaired) electrons. The molecule has 0 unspecified atom stereocenters. The molecule has 2 aromatic rings. The summed E-state index contributed by atoms with van der Waals surface area (Å²) in [4.78, 5) is 13.9. The highest BCUT2D eigenvalue weighted by Gasteiger charge is 2.34. The average molecular weight is 289 g/mol. The second kappa shape index (κ2) is 4.95. The maximum absolute atomic E-state index is 4.52. The molecule has 1 N–H and O–H groups in total. The Morgan fingerprint density at radius 3 is 2.85 bits per heavy atom. The summed E-state index contributed by atoms with van der Waals surface area (Å²) < 4.78 is 1.24. The SMILES string of the molecule is Cc1csc2c(N3CC(N4CCNCC4)C3)ncnc12. The number of thiophene rings is 1. The summed E-state index contributed by atoms with van der Waals surface area (Å²) in [5.74, 6) is 1.12. The van der Waals surface area contributed by atoms with E-state index in [1.54, 1.807) is 17.7 Å². The lowest BCUT2D eigenvalue weighted by atomic mass is 10.1. The van der Waals surface area contributed by atoms with Gasteiger partial charge in [-0.3, -0.25) is 4.90 Å². The van der Waals surface area contributed by atoms with E-state index in [-0.39, 0.29) is 0 Å². The van der Waals surface area contributed by atoms with E-state index in [0.29, 0.717) is 6.04 Å². The second-order valence-corrected chi connectivity index (χ2v) is 6.52. The predicted octanol–water partition coefficient (Wildman–Crippen LogP) is 1.09. The summed E-state index contributed by atoms with van der Waals surface area (Å²) in [5, 5.41) is 5.59. The molecule has 2 aliphatic heterocycles. The highest BCUT2D eigenvalue weighted by Crippen LogP contribution is 2.33. The van der Waals surface area contributed by atoms with Gasteiger partial charge >= 0.3 is 0 Å². The number of nitrogens with zero attached hydrogens (tertiary/aromatic N) is 4. The van der Waals surface area contributed by atoms with Gasteiger partial charge in [0, 0.05) is 45.3 Å². The molecule has 6 heteroatoms. The number of aromatic nitrogens is 2. The molecular weight excluding hydrogens is 270 g/mol. The van der Waals surface area contributed by atoms with Gasteiger partial charge in [0.1, 0.15) is 12.1 Å². The number of aryl methyl sites for hydroxylation is 1. The summed E-state index contributed by atoms with van der Waals surface area (Å²) in [6.07, 6.45) is 1.70. The van der Waals surface area contributed by atoms with Crippen molar-refractivity contribution >= 4 is 27.4 Å². The van der Waals surface area contributed by atoms with E-state index in [0.717, 1.165) is 37.5 Å². The maximum Gasteiger partial charge on any atom is 0.150 e. The summed E-state index contributed by atoms with van der Waals surface area (Å²) in [7, 11) is 0. The van der Waals surface area contributed by atoms with Crippen molar-refractivity contribution in [3.05, 3.63) is 17.3 Å². The van der Waals surface area contributed by atoms with Crippen molar-refractivity contribution in [2.75, 3.05) is 44.2 Å². The van der Waals surface area contributed by atoms with Crippen LogP contribution >= 0.6 is 11.3 Å². The van der Waals surface area contributed by atoms with Gasteiger partial charge < -0.3 is 10.2 Å². The Labute approximate surface area is 122 Å². The van der Waals surface area contributed by atoms with Crippen LogP contribution in [0.2, 0.25) is 0 Å². The molecule has 5 nitrogen and oxygen atoms in total. The van der Waals surface area contributed by atoms with Gasteiger partial charge in [-0.15, -0.1) is 11.3 Å². The van der Waals surface area contributed by atoms with Crippen LogP contribution in [0.1, 0.15) is 5.56 Å². The maximum atomic E-state index is 4.52. The van der Waals surface area contributed by atoms with Crippen LogP contribution in [0.3, 0.4) is 0 Å². The van der Waals surface area contributed by atoms with Crippen LogP contribution in [-0.2, 0) is 0 Å². The zero-order valence-electron chi connectivity index (χ0n) is 11.7. The molecule has 4 rings (SSSR count). The second-order valence-electron chi connectivity index (χ2n) is 5.64. The molecule has 20 heavy (non-hydrogen) atoms. The third-order valence-electron chi connectivity index (χ3n) is 4.34. The smallest absolute Gasteiger partial charge is 0.150 e. The largest absolute Gasteiger partial charge is 0.352 e. The minimum atomic E-state index is 0.697. The number of piperazine rings is 1. The Balaban J connectivity index is 1.51. The minimum absolute atomic E-state index is 0.697. The molecule has 2 aliphatic rings. The van der Waals surface area contributed by atoms with Crippen molar-refractivity contribution in [3.63, 3.8) is 0 Å². The van der Waals surface area contributed by atoms with Gasteiger partial charge in [-0.25, -0.2) is 9.97 Å². The molecule has 2 saturated heterocycles. The molecule has 0 bridgehead atoms. The quantitative estimate of drug-likeness (QED) is 0.897. The van der Waals surface area contributed by atoms with Crippen LogP contribution in [0, 0.1) is 6.92 Å². The number of fused-ring (bicyclic) bond motifs is 1. The minimum Gasteiger partial charge on any atom is -0.352 e. The summed E-state index contributed by atoms with van der Waals surface area (Å²) in [6.45, 7) is 8.92. The van der Waals surface area contributed by atoms with E-state index in [2.05, 4.69) is 37.4 Å². The molecular formula is C14H19N5S. The lowest BCUT2D eigenvalue weighted by molar-refractivity contribution is 0.147. The van der Waals surface area contributed by atoms with Gasteiger partial charge in [-0.1, -0.05) is 0 Å². The lowest BCUT2D eigenvalue weighted by Gasteiger charge is -2.47. The third kappa shape index (κ3) is 1.99. The number of nitrogens with one attached hydrogen (secondary N) is 1. The first-order valence-corrected chi connectivity index (χ1v) is 8.09. The fourth-order valence-corrected chi connectivity index (χ4v) is 4.11. The van der Waals surface area contributed by atoms with Crippen molar-refractivity contribution < 1.29 is 0 Å². The molecule has 4 heterocycles. The van der Waals surface area contributed by atoms with Gasteiger partial charge in [0.2, 0.25) is 0 Å². The Hall–Kier alpha value is -1.24. The summed E-state index contributed by atoms with van der Waals surface area (Å²) >= 11 is 1.76. The Bertz CT molecular complexity index is 613. The van der Waals surface area contributed by atoms with Crippen molar-refractivity contribution in [1.82, 2.24) is 20.2 Å². The number of rotatable bonds is 2. The zero-order chi connectivity index (χ0) is 13.5. The van der Waals surface area contributed by atoms with Crippen LogP contribution in [0.15, 0.2) is 11.7 Å². The van der Waals surface area contributed by atoms with Gasteiger partial charge in [0.25, 0.3) is 0 Å². The van der Waals surface area contributed by atoms with Crippen LogP contribution < -0.4 is 10.2 Å². The standard InChI is InChI=1S/C14H19N5S/c1-10-8-20-13-12(10)16-9-17-14(13)19-6-11(7-19)18-4-2-15-3-5-18/h8-9,11,15H,2-7H2,1H3. The summed E-state index contributed by atoms with van der Waals surface area (Å²) in [6, 6.07) is 0.697. The first kappa shape index (κ1) is 12.5. The summed E-state index contributed by atoms with van der Waals surface area (Å²) in [5.41, 5.74) is 2.37. The number of hydrogen-bond donors (Lipinski definition) is 1. The van der Waals surface area contributed by atoms with Crippen LogP contribution in [0.5, 0.6) is 0 Å². The predicted molar refractivity (Wildman–Crippen MR) is 82.6 cm³/mol. The van der Waals surface area contributed by atoms with Gasteiger partial charge in [-0.2, -0.15) is 0 Å². The Morgan fingerprint density at radius 2 is 2.05 bits per heavy atom. The van der Waals surface area contributed by atoms with Gasteiger partial charge in [0.05, 0.1) is 10.2 Å². The monoisotopic (exact) mass is 289 g/mol. The van der Waals surface area contributed by atoms with Crippen molar-refractivity contribution in [1.29, 1.82) is 0 Å². The molecule has 0 amide bonds. The lowest BCUT2D eigenvalue weighted by Crippen LogP contribution is -2.63. The van der Waals surface area contributed by atoms with E-state index in [4.69, 9.17) is 0 Å². The fraction of sp³-hybridized carbons (Fsp3) is 0.571. The third-order valence-corrected chi connectivity index (χ3v) is 5.42. The number of anilines is 1. The van der Waals surface area contributed by atoms with Crippen LogP contribution in [0.4, 0.5) is 5.82 Å². The zero-order valence-corrected chi connectivity index (χ0v) is 12.5. The Morgan fingerprint density at radius 1 is 1.25 bits per heavy atom. The van der Waals surface area contributed by atoms with E-state index >= 15 is 0 Å². The van der Waals surface area contributed by atoms with E-state index in [1.807, 2.05) is 0 Å². The van der Waals surface area contributed by atoms with Crippen molar-refractivity contribution in [2.45, 2.75) is 13.0 Å². The molecule has 0 atom stereocenters.